The summed E-state index contributed by atoms with van der Waals surface area (Å²) in [7, 11) is 0. The van der Waals surface area contributed by atoms with Gasteiger partial charge in [-0.1, -0.05) is 56.2 Å². The van der Waals surface area contributed by atoms with E-state index in [0.29, 0.717) is 5.41 Å². The van der Waals surface area contributed by atoms with Crippen molar-refractivity contribution in [3.63, 3.8) is 0 Å². The Balaban J connectivity index is 2.06. The summed E-state index contributed by atoms with van der Waals surface area (Å²) in [6.07, 6.45) is 9.36. The molecule has 0 aromatic heterocycles. The maximum absolute atomic E-state index is 5.51. The second-order valence-electron chi connectivity index (χ2n) is 5.20. The van der Waals surface area contributed by atoms with Gasteiger partial charge >= 0.3 is 0 Å². The van der Waals surface area contributed by atoms with Crippen molar-refractivity contribution in [2.75, 3.05) is 6.61 Å². The Bertz CT molecular complexity index is 336. The molecule has 2 rings (SSSR count). The van der Waals surface area contributed by atoms with E-state index >= 15 is 0 Å². The predicted octanol–water partition coefficient (Wildman–Crippen LogP) is 4.34. The summed E-state index contributed by atoms with van der Waals surface area (Å²) in [4.78, 5) is 0. The molecular weight excluding hydrogens is 208 g/mol. The SMILES string of the molecule is C=COCC1(Cc2ccccc2)CCCCC1. The summed E-state index contributed by atoms with van der Waals surface area (Å²) in [6.45, 7) is 4.49. The molecule has 1 nitrogen and oxygen atoms in total. The van der Waals surface area contributed by atoms with Gasteiger partial charge in [0, 0.05) is 5.41 Å². The first-order valence-electron chi connectivity index (χ1n) is 6.61. The van der Waals surface area contributed by atoms with Crippen LogP contribution in [0.3, 0.4) is 0 Å². The first-order valence-corrected chi connectivity index (χ1v) is 6.61. The van der Waals surface area contributed by atoms with Gasteiger partial charge in [0.2, 0.25) is 0 Å². The molecule has 1 aromatic carbocycles. The molecule has 1 saturated carbocycles. The number of rotatable bonds is 5. The normalized spacial score (nSPS) is 18.6. The second kappa shape index (κ2) is 5.90. The molecule has 0 radical (unpaired) electrons. The summed E-state index contributed by atoms with van der Waals surface area (Å²) in [5.41, 5.74) is 1.77. The van der Waals surface area contributed by atoms with Crippen LogP contribution < -0.4 is 0 Å². The zero-order valence-corrected chi connectivity index (χ0v) is 10.5. The van der Waals surface area contributed by atoms with Gasteiger partial charge in [-0.15, -0.1) is 0 Å². The van der Waals surface area contributed by atoms with Crippen LogP contribution in [-0.4, -0.2) is 6.61 Å². The molecule has 0 atom stereocenters. The van der Waals surface area contributed by atoms with Gasteiger partial charge in [-0.25, -0.2) is 0 Å². The highest BCUT2D eigenvalue weighted by atomic mass is 16.5. The fraction of sp³-hybridized carbons (Fsp3) is 0.500. The summed E-state index contributed by atoms with van der Waals surface area (Å²) >= 11 is 0. The van der Waals surface area contributed by atoms with Crippen molar-refractivity contribution in [3.8, 4) is 0 Å². The Morgan fingerprint density at radius 2 is 1.82 bits per heavy atom. The van der Waals surface area contributed by atoms with Gasteiger partial charge in [0.1, 0.15) is 0 Å². The molecular formula is C16H22O. The van der Waals surface area contributed by atoms with Crippen LogP contribution in [0.5, 0.6) is 0 Å². The fourth-order valence-corrected chi connectivity index (χ4v) is 2.94. The minimum atomic E-state index is 0.341. The smallest absolute Gasteiger partial charge is 0.0932 e. The van der Waals surface area contributed by atoms with Crippen LogP contribution in [0.2, 0.25) is 0 Å². The summed E-state index contributed by atoms with van der Waals surface area (Å²) in [5, 5.41) is 0. The molecule has 0 saturated heterocycles. The van der Waals surface area contributed by atoms with Crippen molar-refractivity contribution >= 4 is 0 Å². The zero-order chi connectivity index (χ0) is 12.0. The molecule has 1 aliphatic carbocycles. The number of ether oxygens (including phenoxy) is 1. The molecule has 0 amide bonds. The van der Waals surface area contributed by atoms with Gasteiger partial charge in [-0.3, -0.25) is 0 Å². The van der Waals surface area contributed by atoms with Gasteiger partial charge in [0.05, 0.1) is 12.9 Å². The predicted molar refractivity (Wildman–Crippen MR) is 71.8 cm³/mol. The molecule has 0 aliphatic heterocycles. The standard InChI is InChI=1S/C16H22O/c1-2-17-14-16(11-7-4-8-12-16)13-15-9-5-3-6-10-15/h2-3,5-6,9-10H,1,4,7-8,11-14H2. The quantitative estimate of drug-likeness (QED) is 0.684. The maximum atomic E-state index is 5.51. The summed E-state index contributed by atoms with van der Waals surface area (Å²) in [5.74, 6) is 0. The lowest BCUT2D eigenvalue weighted by Gasteiger charge is -2.36. The lowest BCUT2D eigenvalue weighted by atomic mass is 9.71. The Morgan fingerprint density at radius 1 is 1.12 bits per heavy atom. The van der Waals surface area contributed by atoms with E-state index in [1.54, 1.807) is 6.26 Å². The molecule has 1 aliphatic rings. The highest BCUT2D eigenvalue weighted by Gasteiger charge is 2.32. The highest BCUT2D eigenvalue weighted by molar-refractivity contribution is 5.17. The van der Waals surface area contributed by atoms with E-state index in [1.165, 1.54) is 37.7 Å². The second-order valence-corrected chi connectivity index (χ2v) is 5.20. The third-order valence-corrected chi connectivity index (χ3v) is 3.84. The Labute approximate surface area is 104 Å². The van der Waals surface area contributed by atoms with Crippen LogP contribution in [0, 0.1) is 5.41 Å². The van der Waals surface area contributed by atoms with Crippen molar-refractivity contribution in [1.29, 1.82) is 0 Å². The largest absolute Gasteiger partial charge is 0.501 e. The van der Waals surface area contributed by atoms with E-state index in [-0.39, 0.29) is 0 Å². The molecule has 1 aromatic rings. The van der Waals surface area contributed by atoms with Gasteiger partial charge in [0.25, 0.3) is 0 Å². The first-order chi connectivity index (χ1) is 8.35. The van der Waals surface area contributed by atoms with Crippen LogP contribution >= 0.6 is 0 Å². The molecule has 1 fully saturated rings. The van der Waals surface area contributed by atoms with Crippen molar-refractivity contribution in [2.24, 2.45) is 5.41 Å². The van der Waals surface area contributed by atoms with Crippen molar-refractivity contribution in [3.05, 3.63) is 48.7 Å². The average molecular weight is 230 g/mol. The van der Waals surface area contributed by atoms with Crippen molar-refractivity contribution < 1.29 is 4.74 Å². The molecule has 0 spiro atoms. The average Bonchev–Trinajstić information content (AvgIpc) is 2.39. The van der Waals surface area contributed by atoms with E-state index in [4.69, 9.17) is 4.74 Å². The van der Waals surface area contributed by atoms with E-state index in [0.717, 1.165) is 13.0 Å². The minimum Gasteiger partial charge on any atom is -0.501 e. The number of benzene rings is 1. The molecule has 0 heterocycles. The molecule has 92 valence electrons. The lowest BCUT2D eigenvalue weighted by molar-refractivity contribution is 0.0704. The van der Waals surface area contributed by atoms with Crippen LogP contribution in [0.25, 0.3) is 0 Å². The summed E-state index contributed by atoms with van der Waals surface area (Å²) < 4.78 is 5.51. The van der Waals surface area contributed by atoms with Gasteiger partial charge < -0.3 is 4.74 Å². The van der Waals surface area contributed by atoms with E-state index in [9.17, 15) is 0 Å². The Kier molecular flexibility index (Phi) is 4.24. The van der Waals surface area contributed by atoms with Crippen LogP contribution in [0.4, 0.5) is 0 Å². The van der Waals surface area contributed by atoms with Crippen LogP contribution in [-0.2, 0) is 11.2 Å². The zero-order valence-electron chi connectivity index (χ0n) is 10.5. The molecule has 17 heavy (non-hydrogen) atoms. The van der Waals surface area contributed by atoms with Gasteiger partial charge in [-0.2, -0.15) is 0 Å². The Morgan fingerprint density at radius 3 is 2.47 bits per heavy atom. The summed E-state index contributed by atoms with van der Waals surface area (Å²) in [6, 6.07) is 10.8. The van der Waals surface area contributed by atoms with E-state index < -0.39 is 0 Å². The van der Waals surface area contributed by atoms with Crippen LogP contribution in [0.1, 0.15) is 37.7 Å². The topological polar surface area (TPSA) is 9.23 Å². The Hall–Kier alpha value is -1.24. The third kappa shape index (κ3) is 3.36. The lowest BCUT2D eigenvalue weighted by Crippen LogP contribution is -2.31. The molecule has 1 heteroatoms. The molecule has 0 N–H and O–H groups in total. The van der Waals surface area contributed by atoms with Gasteiger partial charge in [-0.05, 0) is 24.8 Å². The number of hydrogen-bond donors (Lipinski definition) is 0. The minimum absolute atomic E-state index is 0.341. The van der Waals surface area contributed by atoms with E-state index in [1.807, 2.05) is 0 Å². The number of hydrogen-bond acceptors (Lipinski definition) is 1. The van der Waals surface area contributed by atoms with E-state index in [2.05, 4.69) is 36.9 Å². The van der Waals surface area contributed by atoms with Crippen molar-refractivity contribution in [2.45, 2.75) is 38.5 Å². The maximum Gasteiger partial charge on any atom is 0.0932 e. The van der Waals surface area contributed by atoms with Crippen molar-refractivity contribution in [1.82, 2.24) is 0 Å². The third-order valence-electron chi connectivity index (χ3n) is 3.84. The van der Waals surface area contributed by atoms with Gasteiger partial charge in [0.15, 0.2) is 0 Å². The van der Waals surface area contributed by atoms with Crippen LogP contribution in [0.15, 0.2) is 43.2 Å². The molecule has 0 bridgehead atoms. The molecule has 0 unspecified atom stereocenters. The monoisotopic (exact) mass is 230 g/mol. The first kappa shape index (κ1) is 12.2. The fourth-order valence-electron chi connectivity index (χ4n) is 2.94. The highest BCUT2D eigenvalue weighted by Crippen LogP contribution is 2.39.